The predicted octanol–water partition coefficient (Wildman–Crippen LogP) is 4.87. The van der Waals surface area contributed by atoms with Gasteiger partial charge < -0.3 is 9.47 Å². The Morgan fingerprint density at radius 2 is 1.61 bits per heavy atom. The number of allylic oxidation sites excluding steroid dienone is 2. The average Bonchev–Trinajstić information content (AvgIpc) is 3.00. The van der Waals surface area contributed by atoms with Crippen LogP contribution in [0.4, 0.5) is 0 Å². The molecule has 1 fully saturated rings. The fraction of sp³-hybridized carbons (Fsp3) is 0.565. The zero-order valence-electron chi connectivity index (χ0n) is 18.1. The fourth-order valence-electron chi connectivity index (χ4n) is 4.33. The van der Waals surface area contributed by atoms with E-state index in [-0.39, 0.29) is 19.1 Å². The Labute approximate surface area is 170 Å². The van der Waals surface area contributed by atoms with Crippen molar-refractivity contribution in [1.82, 2.24) is 0 Å². The maximum atomic E-state index is 12.8. The van der Waals surface area contributed by atoms with Crippen molar-refractivity contribution in [3.8, 4) is 0 Å². The van der Waals surface area contributed by atoms with Gasteiger partial charge in [-0.3, -0.25) is 9.59 Å². The highest BCUT2D eigenvalue weighted by Crippen LogP contribution is 2.49. The van der Waals surface area contributed by atoms with Crippen LogP contribution in [0.1, 0.15) is 46.1 Å². The lowest BCUT2D eigenvalue weighted by Crippen LogP contribution is -2.40. The summed E-state index contributed by atoms with van der Waals surface area (Å²) in [6.07, 6.45) is 0.885. The average molecular weight is 403 g/mol. The Balaban J connectivity index is 2.38. The summed E-state index contributed by atoms with van der Waals surface area (Å²) in [5, 5.41) is 1.39. The van der Waals surface area contributed by atoms with E-state index in [1.165, 1.54) is 16.3 Å². The summed E-state index contributed by atoms with van der Waals surface area (Å²) in [5.74, 6) is -0.715. The van der Waals surface area contributed by atoms with Crippen LogP contribution in [0.25, 0.3) is 0 Å². The fourth-order valence-corrected chi connectivity index (χ4v) is 7.05. The molecule has 0 saturated heterocycles. The Morgan fingerprint density at radius 3 is 2.11 bits per heavy atom. The minimum atomic E-state index is -1.75. The first kappa shape index (κ1) is 22.4. The van der Waals surface area contributed by atoms with Gasteiger partial charge in [-0.15, -0.1) is 0 Å². The monoisotopic (exact) mass is 402 g/mol. The molecule has 0 spiro atoms. The highest BCUT2D eigenvalue weighted by atomic mass is 28.3. The van der Waals surface area contributed by atoms with E-state index in [0.29, 0.717) is 12.8 Å². The molecule has 0 aromatic heterocycles. The molecule has 0 N–H and O–H groups in total. The van der Waals surface area contributed by atoms with Gasteiger partial charge in [0, 0.05) is 0 Å². The van der Waals surface area contributed by atoms with Crippen molar-refractivity contribution < 1.29 is 19.1 Å². The van der Waals surface area contributed by atoms with Crippen LogP contribution >= 0.6 is 0 Å². The molecule has 1 aromatic carbocycles. The Hall–Kier alpha value is -1.88. The largest absolute Gasteiger partial charge is 0.465 e. The molecular formula is C23H34O4Si. The van der Waals surface area contributed by atoms with Crippen LogP contribution in [-0.2, 0) is 25.1 Å². The van der Waals surface area contributed by atoms with Gasteiger partial charge in [0.25, 0.3) is 0 Å². The minimum absolute atomic E-state index is 0.163. The number of carbonyl (C=O) groups excluding carboxylic acids is 2. The molecule has 2 rings (SSSR count). The first-order valence-corrected chi connectivity index (χ1v) is 13.5. The van der Waals surface area contributed by atoms with E-state index in [1.54, 1.807) is 13.8 Å². The third kappa shape index (κ3) is 4.57. The molecule has 1 unspecified atom stereocenters. The van der Waals surface area contributed by atoms with E-state index in [2.05, 4.69) is 51.2 Å². The molecular weight excluding hydrogens is 368 g/mol. The summed E-state index contributed by atoms with van der Waals surface area (Å²) in [6, 6.07) is 11.6. The van der Waals surface area contributed by atoms with Crippen LogP contribution in [0.2, 0.25) is 13.1 Å². The molecule has 1 saturated carbocycles. The van der Waals surface area contributed by atoms with Gasteiger partial charge in [-0.2, -0.15) is 0 Å². The topological polar surface area (TPSA) is 52.6 Å². The summed E-state index contributed by atoms with van der Waals surface area (Å²) < 4.78 is 10.6. The summed E-state index contributed by atoms with van der Waals surface area (Å²) in [5.41, 5.74) is 1.39. The normalized spacial score (nSPS) is 20.6. The van der Waals surface area contributed by atoms with E-state index in [1.807, 2.05) is 6.07 Å². The lowest BCUT2D eigenvalue weighted by atomic mass is 9.85. The molecule has 0 aliphatic heterocycles. The SMILES string of the molecule is CCOC(=O)C1(C(=O)OCC)C/C(=C(\C)[Si](C)(C)Cc2ccccc2)C(C)C1. The van der Waals surface area contributed by atoms with Gasteiger partial charge in [-0.25, -0.2) is 0 Å². The lowest BCUT2D eigenvalue weighted by molar-refractivity contribution is -0.171. The molecule has 0 radical (unpaired) electrons. The zero-order chi connectivity index (χ0) is 20.9. The van der Waals surface area contributed by atoms with Gasteiger partial charge in [0.1, 0.15) is 0 Å². The first-order valence-electron chi connectivity index (χ1n) is 10.3. The summed E-state index contributed by atoms with van der Waals surface area (Å²) in [4.78, 5) is 25.6. The number of benzene rings is 1. The molecule has 154 valence electrons. The number of ether oxygens (including phenoxy) is 2. The second-order valence-electron chi connectivity index (χ2n) is 8.50. The maximum Gasteiger partial charge on any atom is 0.323 e. The molecule has 1 aromatic rings. The van der Waals surface area contributed by atoms with Crippen LogP contribution in [0, 0.1) is 11.3 Å². The van der Waals surface area contributed by atoms with Gasteiger partial charge >= 0.3 is 11.9 Å². The van der Waals surface area contributed by atoms with Crippen LogP contribution in [0.5, 0.6) is 0 Å². The van der Waals surface area contributed by atoms with Crippen LogP contribution in [0.15, 0.2) is 41.1 Å². The summed E-state index contributed by atoms with van der Waals surface area (Å²) >= 11 is 0. The molecule has 28 heavy (non-hydrogen) atoms. The number of esters is 2. The van der Waals surface area contributed by atoms with Crippen LogP contribution in [-0.4, -0.2) is 33.2 Å². The molecule has 1 aliphatic rings. The maximum absolute atomic E-state index is 12.8. The third-order valence-corrected chi connectivity index (χ3v) is 9.70. The highest BCUT2D eigenvalue weighted by Gasteiger charge is 2.55. The van der Waals surface area contributed by atoms with Gasteiger partial charge in [0.2, 0.25) is 0 Å². The van der Waals surface area contributed by atoms with Crippen molar-refractivity contribution >= 4 is 20.0 Å². The predicted molar refractivity (Wildman–Crippen MR) is 114 cm³/mol. The van der Waals surface area contributed by atoms with Crippen molar-refractivity contribution in [3.05, 3.63) is 46.7 Å². The molecule has 0 bridgehead atoms. The van der Waals surface area contributed by atoms with Gasteiger partial charge in [-0.1, -0.05) is 66.7 Å². The van der Waals surface area contributed by atoms with Gasteiger partial charge in [0.05, 0.1) is 21.3 Å². The van der Waals surface area contributed by atoms with Gasteiger partial charge in [-0.05, 0) is 45.6 Å². The van der Waals surface area contributed by atoms with E-state index < -0.39 is 25.4 Å². The number of carbonyl (C=O) groups is 2. The Kier molecular flexibility index (Phi) is 7.26. The zero-order valence-corrected chi connectivity index (χ0v) is 19.1. The van der Waals surface area contributed by atoms with Crippen molar-refractivity contribution in [2.45, 2.75) is 59.7 Å². The molecule has 0 amide bonds. The molecule has 5 heteroatoms. The third-order valence-electron chi connectivity index (χ3n) is 6.06. The van der Waals surface area contributed by atoms with Crippen LogP contribution < -0.4 is 0 Å². The van der Waals surface area contributed by atoms with Crippen molar-refractivity contribution in [2.75, 3.05) is 13.2 Å². The molecule has 0 heterocycles. The van der Waals surface area contributed by atoms with E-state index in [0.717, 1.165) is 6.04 Å². The van der Waals surface area contributed by atoms with Crippen molar-refractivity contribution in [2.24, 2.45) is 11.3 Å². The van der Waals surface area contributed by atoms with Crippen molar-refractivity contribution in [3.63, 3.8) is 0 Å². The second-order valence-corrected chi connectivity index (χ2v) is 13.4. The minimum Gasteiger partial charge on any atom is -0.465 e. The molecule has 1 aliphatic carbocycles. The highest BCUT2D eigenvalue weighted by molar-refractivity contribution is 6.83. The van der Waals surface area contributed by atoms with Gasteiger partial charge in [0.15, 0.2) is 5.41 Å². The lowest BCUT2D eigenvalue weighted by Gasteiger charge is -2.28. The van der Waals surface area contributed by atoms with Crippen LogP contribution in [0.3, 0.4) is 0 Å². The summed E-state index contributed by atoms with van der Waals surface area (Å²) in [7, 11) is -1.75. The smallest absolute Gasteiger partial charge is 0.323 e. The Bertz CT molecular complexity index is 718. The van der Waals surface area contributed by atoms with E-state index >= 15 is 0 Å². The molecule has 1 atom stereocenters. The number of hydrogen-bond donors (Lipinski definition) is 0. The van der Waals surface area contributed by atoms with Crippen molar-refractivity contribution in [1.29, 1.82) is 0 Å². The van der Waals surface area contributed by atoms with E-state index in [4.69, 9.17) is 9.47 Å². The quantitative estimate of drug-likeness (QED) is 0.371. The number of hydrogen-bond acceptors (Lipinski definition) is 4. The Morgan fingerprint density at radius 1 is 1.07 bits per heavy atom. The van der Waals surface area contributed by atoms with E-state index in [9.17, 15) is 9.59 Å². The summed E-state index contributed by atoms with van der Waals surface area (Å²) in [6.45, 7) is 13.1. The standard InChI is InChI=1S/C23H34O4Si/c1-7-26-21(24)23(22(25)27-8-2)14-17(3)20(15-23)18(4)28(5,6)16-19-12-10-9-11-13-19/h9-13,17H,7-8,14-16H2,1-6H3/b20-18-. The number of rotatable bonds is 7. The second kappa shape index (κ2) is 9.08. The molecule has 4 nitrogen and oxygen atoms in total. The first-order chi connectivity index (χ1) is 13.2.